The summed E-state index contributed by atoms with van der Waals surface area (Å²) in [7, 11) is 0. The van der Waals surface area contributed by atoms with Gasteiger partial charge in [-0.25, -0.2) is 4.90 Å². The van der Waals surface area contributed by atoms with Gasteiger partial charge in [-0.05, 0) is 92.7 Å². The maximum Gasteiger partial charge on any atom is 0.264 e. The molecule has 0 aliphatic carbocycles. The van der Waals surface area contributed by atoms with E-state index in [9.17, 15) is 0 Å². The molecule has 9 aromatic carbocycles. The highest BCUT2D eigenvalue weighted by molar-refractivity contribution is 7.33. The Bertz CT molecular complexity index is 4190. The number of amidine groups is 3. The molecule has 0 radical (unpaired) electrons. The number of rotatable bonds is 7. The lowest BCUT2D eigenvalue weighted by atomic mass is 9.36. The van der Waals surface area contributed by atoms with Crippen molar-refractivity contribution in [2.24, 2.45) is 30.0 Å². The molecule has 10 aromatic rings. The Kier molecular flexibility index (Phi) is 10.2. The van der Waals surface area contributed by atoms with Crippen LogP contribution >= 0.6 is 11.3 Å². The predicted octanol–water partition coefficient (Wildman–Crippen LogP) is 13.7. The summed E-state index contributed by atoms with van der Waals surface area (Å²) in [5.74, 6) is 2.76. The van der Waals surface area contributed by atoms with Crippen LogP contribution in [0.25, 0.3) is 32.3 Å². The fraction of sp³-hybridized carbons (Fsp3) is 0.0606. The average Bonchev–Trinajstić information content (AvgIpc) is 3.91. The lowest BCUT2D eigenvalue weighted by Crippen LogP contribution is -2.60. The number of hydrogen-bond donors (Lipinski definition) is 0. The second-order valence-corrected chi connectivity index (χ2v) is 21.9. The summed E-state index contributed by atoms with van der Waals surface area (Å²) in [6, 6.07) is 79.9. The summed E-state index contributed by atoms with van der Waals surface area (Å²) < 4.78 is 2.55. The third-order valence-corrected chi connectivity index (χ3v) is 16.3. The number of fused-ring (bicyclic) bond motifs is 6. The zero-order valence-electron chi connectivity index (χ0n) is 42.4. The Hall–Kier alpha value is -9.58. The molecule has 9 nitrogen and oxygen atoms in total. The maximum atomic E-state index is 5.26. The van der Waals surface area contributed by atoms with Gasteiger partial charge in [-0.2, -0.15) is 30.0 Å². The second kappa shape index (κ2) is 17.5. The molecule has 11 heteroatoms. The topological polar surface area (TPSA) is 83.9 Å². The maximum absolute atomic E-state index is 5.26. The number of hydrogen-bond acceptors (Lipinski definition) is 10. The zero-order chi connectivity index (χ0) is 51.4. The summed E-state index contributed by atoms with van der Waals surface area (Å²) >= 11 is 1.89. The number of nitrogens with zero attached hydrogens (tertiary/aromatic N) is 9. The quantitative estimate of drug-likeness (QED) is 0.149. The molecule has 0 spiro atoms. The van der Waals surface area contributed by atoms with Crippen molar-refractivity contribution in [3.63, 3.8) is 0 Å². The van der Waals surface area contributed by atoms with Gasteiger partial charge >= 0.3 is 0 Å². The minimum atomic E-state index is -0.200. The van der Waals surface area contributed by atoms with Crippen molar-refractivity contribution < 1.29 is 0 Å². The lowest BCUT2D eigenvalue weighted by molar-refractivity contribution is 0.590. The van der Waals surface area contributed by atoms with Crippen LogP contribution in [0.4, 0.5) is 34.1 Å². The first-order valence-corrected chi connectivity index (χ1v) is 26.8. The first-order chi connectivity index (χ1) is 37.8. The number of aliphatic imine (C=N–C) groups is 6. The van der Waals surface area contributed by atoms with Crippen LogP contribution in [-0.2, 0) is 5.41 Å². The van der Waals surface area contributed by atoms with Gasteiger partial charge in [0.05, 0.1) is 5.69 Å². The summed E-state index contributed by atoms with van der Waals surface area (Å²) in [4.78, 5) is 37.4. The Morgan fingerprint density at radius 3 is 1.32 bits per heavy atom. The predicted molar refractivity (Wildman–Crippen MR) is 322 cm³/mol. The van der Waals surface area contributed by atoms with Crippen LogP contribution in [0.1, 0.15) is 43.0 Å². The molecule has 0 saturated carbocycles. The molecule has 15 rings (SSSR count). The van der Waals surface area contributed by atoms with Crippen LogP contribution in [0.2, 0.25) is 0 Å². The van der Waals surface area contributed by atoms with Crippen molar-refractivity contribution in [3.8, 4) is 22.3 Å². The van der Waals surface area contributed by atoms with Gasteiger partial charge in [0.25, 0.3) is 6.71 Å². The third kappa shape index (κ3) is 7.45. The molecule has 0 bridgehead atoms. The molecular formula is C66H46BN9S. The summed E-state index contributed by atoms with van der Waals surface area (Å²) in [5, 5.41) is 1.24. The van der Waals surface area contributed by atoms with Gasteiger partial charge in [0.15, 0.2) is 17.5 Å². The summed E-state index contributed by atoms with van der Waals surface area (Å²) in [5.41, 5.74) is 17.5. The van der Waals surface area contributed by atoms with Gasteiger partial charge in [-0.1, -0.05) is 197 Å². The van der Waals surface area contributed by atoms with Crippen LogP contribution in [-0.4, -0.2) is 47.0 Å². The van der Waals surface area contributed by atoms with Crippen LogP contribution in [0.3, 0.4) is 0 Å². The number of anilines is 6. The summed E-state index contributed by atoms with van der Waals surface area (Å²) in [6.45, 7) is 6.86. The first kappa shape index (κ1) is 44.9. The Morgan fingerprint density at radius 2 is 0.805 bits per heavy atom. The molecule has 0 saturated heterocycles. The van der Waals surface area contributed by atoms with Crippen molar-refractivity contribution >= 4 is 113 Å². The normalized spacial score (nSPS) is 15.1. The van der Waals surface area contributed by atoms with Gasteiger partial charge in [-0.3, -0.25) is 0 Å². The monoisotopic (exact) mass is 1010 g/mol. The Balaban J connectivity index is 0.964. The van der Waals surface area contributed by atoms with Crippen LogP contribution in [0, 0.1) is 0 Å². The van der Waals surface area contributed by atoms with Gasteiger partial charge in [-0.15, -0.1) is 11.3 Å². The highest BCUT2D eigenvalue weighted by atomic mass is 32.1. The molecule has 5 aliphatic heterocycles. The Morgan fingerprint density at radius 1 is 0.377 bits per heavy atom. The molecule has 0 atom stereocenters. The van der Waals surface area contributed by atoms with Crippen molar-refractivity contribution in [1.29, 1.82) is 0 Å². The van der Waals surface area contributed by atoms with Crippen LogP contribution in [0.15, 0.2) is 254 Å². The van der Waals surface area contributed by atoms with E-state index in [1.807, 2.05) is 72.0 Å². The molecule has 77 heavy (non-hydrogen) atoms. The molecule has 0 amide bonds. The van der Waals surface area contributed by atoms with Gasteiger partial charge in [0.1, 0.15) is 0 Å². The molecule has 0 fully saturated rings. The molecular weight excluding hydrogens is 962 g/mol. The van der Waals surface area contributed by atoms with Gasteiger partial charge in [0.2, 0.25) is 17.9 Å². The van der Waals surface area contributed by atoms with Gasteiger partial charge in [0, 0.05) is 60.0 Å². The van der Waals surface area contributed by atoms with Gasteiger partial charge < -0.3 is 9.80 Å². The summed E-state index contributed by atoms with van der Waals surface area (Å²) in [6.07, 6.45) is 0. The largest absolute Gasteiger partial charge is 0.311 e. The minimum absolute atomic E-state index is 0.0947. The molecule has 0 unspecified atom stereocenters. The van der Waals surface area contributed by atoms with E-state index in [1.165, 1.54) is 59.4 Å². The smallest absolute Gasteiger partial charge is 0.264 e. The second-order valence-electron chi connectivity index (χ2n) is 20.8. The standard InChI is InChI=1S/C66H46BN9S/c1-66(2,3)48-39-54-57-55(40-48)75(50-35-30-44(31-36-50)42-20-10-5-11-21-42)58-51-26-16-17-27-56(51)77-59(58)67(57)52-37-32-47(38-53(52)74(54)49-33-28-43(29-34-49)41-18-8-4-9-19-41)62-72-64-70-60(45-22-12-6-13-23-45)68-63-69-61(46-24-14-7-15-25-46)71-65(73-62)76(63)64/h4-40H,1-3H3. The highest BCUT2D eigenvalue weighted by Gasteiger charge is 2.46. The van der Waals surface area contributed by atoms with E-state index in [0.29, 0.717) is 35.4 Å². The fourth-order valence-electron chi connectivity index (χ4n) is 11.3. The molecule has 1 aromatic heterocycles. The third-order valence-electron chi connectivity index (χ3n) is 15.1. The van der Waals surface area contributed by atoms with E-state index in [4.69, 9.17) is 30.0 Å². The molecule has 6 heterocycles. The van der Waals surface area contributed by atoms with Crippen molar-refractivity contribution in [2.75, 3.05) is 9.80 Å². The number of guanidine groups is 3. The SMILES string of the molecule is CC(C)(C)c1cc2c3c(c1)N(c1ccc(-c4ccccc4)cc1)c1c(sc4ccccc14)B3c1ccc(C3=NC4=NC(c5ccccc5)=NC5=NC(c6ccccc6)=NC(=N3)N54)cc1N2c1ccc(-c2ccccc2)cc1. The molecule has 5 aliphatic rings. The Labute approximate surface area is 450 Å². The van der Waals surface area contributed by atoms with Crippen molar-refractivity contribution in [2.45, 2.75) is 26.2 Å². The fourth-order valence-corrected chi connectivity index (χ4v) is 12.6. The van der Waals surface area contributed by atoms with E-state index >= 15 is 0 Å². The van der Waals surface area contributed by atoms with Crippen LogP contribution in [0.5, 0.6) is 0 Å². The number of thiophene rings is 1. The number of benzene rings is 9. The zero-order valence-corrected chi connectivity index (χ0v) is 43.2. The highest BCUT2D eigenvalue weighted by Crippen LogP contribution is 2.49. The van der Waals surface area contributed by atoms with E-state index < -0.39 is 0 Å². The minimum Gasteiger partial charge on any atom is -0.311 e. The van der Waals surface area contributed by atoms with E-state index in [-0.39, 0.29) is 12.1 Å². The molecule has 0 N–H and O–H groups in total. The van der Waals surface area contributed by atoms with Crippen molar-refractivity contribution in [1.82, 2.24) is 4.90 Å². The molecule has 364 valence electrons. The van der Waals surface area contributed by atoms with E-state index in [1.54, 1.807) is 4.90 Å². The van der Waals surface area contributed by atoms with E-state index in [2.05, 4.69) is 194 Å². The first-order valence-electron chi connectivity index (χ1n) is 26.0. The lowest BCUT2D eigenvalue weighted by Gasteiger charge is -2.44. The average molecular weight is 1010 g/mol. The van der Waals surface area contributed by atoms with Crippen LogP contribution < -0.4 is 25.5 Å². The van der Waals surface area contributed by atoms with Crippen molar-refractivity contribution in [3.05, 3.63) is 247 Å². The van der Waals surface area contributed by atoms with E-state index in [0.717, 1.165) is 45.0 Å².